The molecule has 3 heterocycles. The lowest BCUT2D eigenvalue weighted by atomic mass is 10.1. The fourth-order valence-corrected chi connectivity index (χ4v) is 4.27. The number of hydrogen-bond acceptors (Lipinski definition) is 6. The van der Waals surface area contributed by atoms with Gasteiger partial charge in [-0.15, -0.1) is 11.3 Å². The van der Waals surface area contributed by atoms with Crippen LogP contribution in [0.3, 0.4) is 0 Å². The van der Waals surface area contributed by atoms with Gasteiger partial charge in [-0.2, -0.15) is 13.2 Å². The number of carbonyl (C=O) groups excluding carboxylic acids is 1. The molecular formula is C18H23F3N4O2S. The fraction of sp³-hybridized carbons (Fsp3) is 0.556. The van der Waals surface area contributed by atoms with E-state index in [-0.39, 0.29) is 41.1 Å². The predicted octanol–water partition coefficient (Wildman–Crippen LogP) is 2.45. The van der Waals surface area contributed by atoms with Gasteiger partial charge >= 0.3 is 6.18 Å². The molecule has 6 nitrogen and oxygen atoms in total. The number of thiophene rings is 1. The Balaban J connectivity index is 1.78. The van der Waals surface area contributed by atoms with E-state index >= 15 is 0 Å². The average molecular weight is 416 g/mol. The van der Waals surface area contributed by atoms with Gasteiger partial charge in [-0.05, 0) is 25.3 Å². The number of halogens is 3. The summed E-state index contributed by atoms with van der Waals surface area (Å²) in [5, 5.41) is 13.8. The number of nitrogens with one attached hydrogen (secondary N) is 1. The predicted molar refractivity (Wildman–Crippen MR) is 102 cm³/mol. The van der Waals surface area contributed by atoms with Crippen molar-refractivity contribution in [3.8, 4) is 0 Å². The van der Waals surface area contributed by atoms with Gasteiger partial charge in [0, 0.05) is 37.8 Å². The molecule has 1 aliphatic rings. The van der Waals surface area contributed by atoms with Crippen LogP contribution in [-0.2, 0) is 17.6 Å². The average Bonchev–Trinajstić information content (AvgIpc) is 3.02. The second kappa shape index (κ2) is 8.22. The van der Waals surface area contributed by atoms with Crippen molar-refractivity contribution in [1.29, 1.82) is 0 Å². The molecule has 0 saturated carbocycles. The minimum absolute atomic E-state index is 0.0456. The first-order valence-corrected chi connectivity index (χ1v) is 9.93. The zero-order valence-electron chi connectivity index (χ0n) is 15.7. The number of alkyl halides is 3. The van der Waals surface area contributed by atoms with Crippen LogP contribution in [0.2, 0.25) is 0 Å². The Labute approximate surface area is 165 Å². The first-order valence-electron chi connectivity index (χ1n) is 9.05. The summed E-state index contributed by atoms with van der Waals surface area (Å²) < 4.78 is 40.6. The molecule has 0 atom stereocenters. The quantitative estimate of drug-likeness (QED) is 0.784. The van der Waals surface area contributed by atoms with Crippen molar-refractivity contribution in [2.75, 3.05) is 37.6 Å². The second-order valence-electron chi connectivity index (χ2n) is 7.11. The lowest BCUT2D eigenvalue weighted by molar-refractivity contribution is -0.136. The molecule has 0 radical (unpaired) electrons. The van der Waals surface area contributed by atoms with E-state index in [9.17, 15) is 23.1 Å². The minimum atomic E-state index is -4.50. The zero-order valence-corrected chi connectivity index (χ0v) is 16.5. The van der Waals surface area contributed by atoms with E-state index < -0.39 is 11.7 Å². The molecule has 28 heavy (non-hydrogen) atoms. The van der Waals surface area contributed by atoms with Gasteiger partial charge in [-0.25, -0.2) is 4.98 Å². The van der Waals surface area contributed by atoms with Crippen LogP contribution < -0.4 is 10.2 Å². The second-order valence-corrected chi connectivity index (χ2v) is 7.99. The summed E-state index contributed by atoms with van der Waals surface area (Å²) in [4.78, 5) is 20.1. The molecule has 1 aliphatic heterocycles. The normalized spacial score (nSPS) is 16.2. The molecule has 2 aromatic heterocycles. The highest BCUT2D eigenvalue weighted by molar-refractivity contribution is 7.17. The van der Waals surface area contributed by atoms with E-state index in [1.165, 1.54) is 5.38 Å². The molecule has 1 amide bonds. The number of aromatic nitrogens is 1. The van der Waals surface area contributed by atoms with Crippen LogP contribution in [0, 0.1) is 0 Å². The summed E-state index contributed by atoms with van der Waals surface area (Å²) in [6, 6.07) is 1.15. The third-order valence-electron chi connectivity index (χ3n) is 4.57. The Morgan fingerprint density at radius 1 is 1.32 bits per heavy atom. The minimum Gasteiger partial charge on any atom is -0.392 e. The van der Waals surface area contributed by atoms with Gasteiger partial charge in [-0.1, -0.05) is 0 Å². The summed E-state index contributed by atoms with van der Waals surface area (Å²) in [6.07, 6.45) is -4.50. The summed E-state index contributed by atoms with van der Waals surface area (Å²) >= 11 is 0.946. The molecule has 1 saturated heterocycles. The van der Waals surface area contributed by atoms with Crippen LogP contribution in [0.15, 0.2) is 11.4 Å². The number of hydrogen-bond donors (Lipinski definition) is 2. The number of aliphatic hydroxyl groups is 1. The summed E-state index contributed by atoms with van der Waals surface area (Å²) in [7, 11) is 0. The van der Waals surface area contributed by atoms with Gasteiger partial charge in [0.2, 0.25) is 5.91 Å². The number of fused-ring (bicyclic) bond motifs is 1. The van der Waals surface area contributed by atoms with E-state index in [0.717, 1.165) is 17.4 Å². The molecule has 0 aliphatic carbocycles. The number of carbonyl (C=O) groups is 1. The van der Waals surface area contributed by atoms with Crippen LogP contribution in [-0.4, -0.2) is 59.7 Å². The van der Waals surface area contributed by atoms with Crippen molar-refractivity contribution in [2.24, 2.45) is 0 Å². The van der Waals surface area contributed by atoms with Crippen LogP contribution >= 0.6 is 11.3 Å². The van der Waals surface area contributed by atoms with Crippen LogP contribution in [0.25, 0.3) is 10.2 Å². The Morgan fingerprint density at radius 3 is 2.57 bits per heavy atom. The van der Waals surface area contributed by atoms with Crippen molar-refractivity contribution >= 4 is 33.3 Å². The smallest absolute Gasteiger partial charge is 0.392 e. The van der Waals surface area contributed by atoms with Crippen LogP contribution in [0.5, 0.6) is 0 Å². The molecular weight excluding hydrogens is 393 g/mol. The van der Waals surface area contributed by atoms with Crippen molar-refractivity contribution in [1.82, 2.24) is 15.2 Å². The van der Waals surface area contributed by atoms with Crippen molar-refractivity contribution < 1.29 is 23.1 Å². The van der Waals surface area contributed by atoms with E-state index in [2.05, 4.69) is 10.3 Å². The third-order valence-corrected chi connectivity index (χ3v) is 5.62. The van der Waals surface area contributed by atoms with Crippen molar-refractivity contribution in [3.63, 3.8) is 0 Å². The molecule has 154 valence electrons. The molecule has 0 bridgehead atoms. The van der Waals surface area contributed by atoms with Gasteiger partial charge in [0.1, 0.15) is 5.82 Å². The number of anilines is 1. The van der Waals surface area contributed by atoms with Gasteiger partial charge < -0.3 is 15.3 Å². The van der Waals surface area contributed by atoms with E-state index in [4.69, 9.17) is 0 Å². The van der Waals surface area contributed by atoms with E-state index in [1.807, 2.05) is 18.7 Å². The van der Waals surface area contributed by atoms with Gasteiger partial charge in [0.15, 0.2) is 0 Å². The fourth-order valence-electron chi connectivity index (χ4n) is 3.23. The number of rotatable bonds is 5. The maximum Gasteiger partial charge on any atom is 0.417 e. The van der Waals surface area contributed by atoms with Gasteiger partial charge in [0.05, 0.1) is 28.9 Å². The molecule has 0 unspecified atom stereocenters. The van der Waals surface area contributed by atoms with Gasteiger partial charge in [0.25, 0.3) is 0 Å². The highest BCUT2D eigenvalue weighted by Crippen LogP contribution is 2.40. The first kappa shape index (κ1) is 20.8. The van der Waals surface area contributed by atoms with Crippen LogP contribution in [0.4, 0.5) is 19.0 Å². The molecule has 10 heteroatoms. The van der Waals surface area contributed by atoms with E-state index in [0.29, 0.717) is 31.7 Å². The lowest BCUT2D eigenvalue weighted by Gasteiger charge is -2.35. The summed E-state index contributed by atoms with van der Waals surface area (Å²) in [5.74, 6) is 0.187. The highest BCUT2D eigenvalue weighted by Gasteiger charge is 2.35. The molecule has 1 fully saturated rings. The van der Waals surface area contributed by atoms with Crippen molar-refractivity contribution in [3.05, 3.63) is 22.6 Å². The molecule has 2 N–H and O–H groups in total. The molecule has 2 aromatic rings. The number of amides is 1. The van der Waals surface area contributed by atoms with Gasteiger partial charge in [-0.3, -0.25) is 9.69 Å². The number of nitrogens with zero attached hydrogens (tertiary/aromatic N) is 3. The molecule has 0 aromatic carbocycles. The van der Waals surface area contributed by atoms with E-state index in [1.54, 1.807) is 4.90 Å². The number of pyridine rings is 1. The summed E-state index contributed by atoms with van der Waals surface area (Å²) in [5.41, 5.74) is -0.122. The largest absolute Gasteiger partial charge is 0.417 e. The van der Waals surface area contributed by atoms with Crippen molar-refractivity contribution in [2.45, 2.75) is 32.7 Å². The monoisotopic (exact) mass is 416 g/mol. The zero-order chi connectivity index (χ0) is 20.5. The maximum atomic E-state index is 13.5. The standard InChI is InChI=1S/C18H23F3N4O2S/c1-11(2)22-15(27)8-24-3-5-25(6-4-24)14-7-13(18(19,20)21)17-16(23-14)12(9-26)10-28-17/h7,10-11,26H,3-6,8-9H2,1-2H3,(H,22,27). The topological polar surface area (TPSA) is 68.7 Å². The SMILES string of the molecule is CC(C)NC(=O)CN1CCN(c2cc(C(F)(F)F)c3scc(CO)c3n2)CC1. The Kier molecular flexibility index (Phi) is 6.11. The third kappa shape index (κ3) is 4.56. The number of piperazine rings is 1. The molecule has 0 spiro atoms. The molecule has 3 rings (SSSR count). The summed E-state index contributed by atoms with van der Waals surface area (Å²) in [6.45, 7) is 5.76. The lowest BCUT2D eigenvalue weighted by Crippen LogP contribution is -2.50. The first-order chi connectivity index (χ1) is 13.2. The highest BCUT2D eigenvalue weighted by atomic mass is 32.1. The Bertz CT molecular complexity index is 845. The Morgan fingerprint density at radius 2 is 2.00 bits per heavy atom. The maximum absolute atomic E-state index is 13.5. The number of aliphatic hydroxyl groups excluding tert-OH is 1. The Hall–Kier alpha value is -1.91. The van der Waals surface area contributed by atoms with Crippen LogP contribution in [0.1, 0.15) is 25.0 Å².